The summed E-state index contributed by atoms with van der Waals surface area (Å²) in [5.41, 5.74) is 2.07. The minimum atomic E-state index is -0.402. The first-order valence-electron chi connectivity index (χ1n) is 15.7. The van der Waals surface area contributed by atoms with Crippen molar-refractivity contribution in [2.45, 2.75) is 65.0 Å². The second-order valence-corrected chi connectivity index (χ2v) is 11.6. The molecule has 242 valence electrons. The van der Waals surface area contributed by atoms with Gasteiger partial charge in [0.25, 0.3) is 5.91 Å². The largest absolute Gasteiger partial charge is 0.504 e. The molecular weight excluding hydrogens is 592 g/mol. The molecule has 0 atom stereocenters. The predicted octanol–water partition coefficient (Wildman–Crippen LogP) is 1.76. The van der Waals surface area contributed by atoms with E-state index in [4.69, 9.17) is 9.84 Å². The van der Waals surface area contributed by atoms with E-state index in [2.05, 4.69) is 25.4 Å². The fourth-order valence-electron chi connectivity index (χ4n) is 6.30. The average molecular weight is 631 g/mol. The Hall–Kier alpha value is -5.08. The van der Waals surface area contributed by atoms with Crippen molar-refractivity contribution in [2.75, 3.05) is 38.2 Å². The van der Waals surface area contributed by atoms with Crippen molar-refractivity contribution in [3.8, 4) is 17.3 Å². The van der Waals surface area contributed by atoms with Gasteiger partial charge in [0.2, 0.25) is 17.2 Å². The number of amides is 2. The third-order valence-corrected chi connectivity index (χ3v) is 8.74. The van der Waals surface area contributed by atoms with Gasteiger partial charge in [-0.3, -0.25) is 14.4 Å². The third kappa shape index (κ3) is 5.96. The number of methoxy groups -OCH3 is 1. The Labute approximate surface area is 265 Å². The highest BCUT2D eigenvalue weighted by Gasteiger charge is 2.31. The average Bonchev–Trinajstić information content (AvgIpc) is 3.54. The van der Waals surface area contributed by atoms with Crippen LogP contribution in [-0.4, -0.2) is 95.7 Å². The quantitative estimate of drug-likeness (QED) is 0.290. The van der Waals surface area contributed by atoms with Crippen LogP contribution in [0.15, 0.2) is 29.5 Å². The van der Waals surface area contributed by atoms with Gasteiger partial charge in [-0.05, 0) is 32.3 Å². The number of pyridine rings is 2. The summed E-state index contributed by atoms with van der Waals surface area (Å²) < 4.78 is 7.07. The van der Waals surface area contributed by atoms with Gasteiger partial charge in [0, 0.05) is 50.2 Å². The zero-order valence-corrected chi connectivity index (χ0v) is 26.3. The van der Waals surface area contributed by atoms with Gasteiger partial charge >= 0.3 is 0 Å². The van der Waals surface area contributed by atoms with Crippen LogP contribution in [0.1, 0.15) is 60.9 Å². The summed E-state index contributed by atoms with van der Waals surface area (Å²) >= 11 is 0. The normalized spacial score (nSPS) is 15.7. The van der Waals surface area contributed by atoms with Gasteiger partial charge < -0.3 is 29.5 Å². The summed E-state index contributed by atoms with van der Waals surface area (Å²) in [5, 5.41) is 22.8. The Kier molecular flexibility index (Phi) is 8.81. The molecule has 2 fully saturated rings. The van der Waals surface area contributed by atoms with Crippen LogP contribution in [0.5, 0.6) is 11.6 Å². The van der Waals surface area contributed by atoms with E-state index in [1.54, 1.807) is 34.7 Å². The summed E-state index contributed by atoms with van der Waals surface area (Å²) in [5.74, 6) is -0.416. The van der Waals surface area contributed by atoms with Gasteiger partial charge in [0.15, 0.2) is 22.6 Å². The van der Waals surface area contributed by atoms with E-state index in [0.29, 0.717) is 66.9 Å². The maximum atomic E-state index is 14.2. The number of aryl methyl sites for hydroxylation is 1. The first kappa shape index (κ1) is 30.9. The molecule has 0 radical (unpaired) electrons. The molecule has 15 nitrogen and oxygen atoms in total. The highest BCUT2D eigenvalue weighted by atomic mass is 16.5. The van der Waals surface area contributed by atoms with Crippen molar-refractivity contribution in [1.82, 2.24) is 44.7 Å². The zero-order valence-electron chi connectivity index (χ0n) is 26.3. The van der Waals surface area contributed by atoms with Crippen molar-refractivity contribution in [2.24, 2.45) is 0 Å². The number of nitrogens with one attached hydrogen (secondary N) is 1. The molecule has 0 aromatic carbocycles. The number of ether oxygens (including phenoxy) is 1. The molecule has 2 aliphatic rings. The standard InChI is InChI=1S/C31H38N10O5/c1-4-22-27(38-12-14-39(15-13-38)31(45)26-28(43)19(2)33-18-34-26)29(44)25-30(37-41(36-25)21-10-11-32-24(16-21)46-3)40(22)17-23(42)35-20-8-6-5-7-9-20/h10-11,16,18,20,43H,4-9,12-15,17H2,1-3H3,(H,35,42). The number of hydrogen-bond acceptors (Lipinski definition) is 11. The molecule has 15 heteroatoms. The van der Waals surface area contributed by atoms with Crippen molar-refractivity contribution < 1.29 is 19.4 Å². The Morgan fingerprint density at radius 2 is 1.83 bits per heavy atom. The van der Waals surface area contributed by atoms with E-state index in [-0.39, 0.29) is 40.9 Å². The Morgan fingerprint density at radius 1 is 1.07 bits per heavy atom. The van der Waals surface area contributed by atoms with Crippen LogP contribution >= 0.6 is 0 Å². The van der Waals surface area contributed by atoms with Gasteiger partial charge in [0.1, 0.15) is 18.6 Å². The number of carbonyl (C=O) groups is 2. The van der Waals surface area contributed by atoms with Gasteiger partial charge in [-0.2, -0.15) is 0 Å². The van der Waals surface area contributed by atoms with Crippen molar-refractivity contribution in [3.63, 3.8) is 0 Å². The molecule has 5 heterocycles. The van der Waals surface area contributed by atoms with E-state index in [1.807, 2.05) is 11.8 Å². The third-order valence-electron chi connectivity index (χ3n) is 8.74. The fourth-order valence-corrected chi connectivity index (χ4v) is 6.30. The summed E-state index contributed by atoms with van der Waals surface area (Å²) in [6, 6.07) is 3.50. The summed E-state index contributed by atoms with van der Waals surface area (Å²) in [4.78, 5) is 57.9. The molecule has 1 aliphatic carbocycles. The molecule has 2 N–H and O–H groups in total. The number of hydrogen-bond donors (Lipinski definition) is 2. The molecule has 0 spiro atoms. The van der Waals surface area contributed by atoms with Crippen molar-refractivity contribution in [3.05, 3.63) is 52.0 Å². The second kappa shape index (κ2) is 13.1. The lowest BCUT2D eigenvalue weighted by atomic mass is 9.95. The lowest BCUT2D eigenvalue weighted by Gasteiger charge is -2.36. The second-order valence-electron chi connectivity index (χ2n) is 11.6. The van der Waals surface area contributed by atoms with E-state index in [0.717, 1.165) is 25.7 Å². The molecule has 4 aromatic rings. The summed E-state index contributed by atoms with van der Waals surface area (Å²) in [7, 11) is 1.51. The predicted molar refractivity (Wildman–Crippen MR) is 168 cm³/mol. The lowest BCUT2D eigenvalue weighted by Crippen LogP contribution is -2.50. The Balaban J connectivity index is 1.36. The van der Waals surface area contributed by atoms with Gasteiger partial charge in [0.05, 0.1) is 18.5 Å². The van der Waals surface area contributed by atoms with Crippen LogP contribution in [-0.2, 0) is 17.8 Å². The van der Waals surface area contributed by atoms with E-state index < -0.39 is 5.91 Å². The molecular formula is C31H38N10O5. The molecule has 46 heavy (non-hydrogen) atoms. The van der Waals surface area contributed by atoms with E-state index >= 15 is 0 Å². The van der Waals surface area contributed by atoms with Crippen LogP contribution in [0.2, 0.25) is 0 Å². The number of piperazine rings is 1. The molecule has 1 saturated heterocycles. The molecule has 4 aromatic heterocycles. The topological polar surface area (TPSA) is 173 Å². The van der Waals surface area contributed by atoms with Crippen molar-refractivity contribution in [1.29, 1.82) is 0 Å². The number of aromatic nitrogens is 7. The van der Waals surface area contributed by atoms with Crippen LogP contribution in [0.25, 0.3) is 16.9 Å². The fraction of sp³-hybridized carbons (Fsp3) is 0.484. The van der Waals surface area contributed by atoms with Crippen LogP contribution < -0.4 is 20.4 Å². The van der Waals surface area contributed by atoms with Crippen LogP contribution in [0.4, 0.5) is 5.69 Å². The maximum absolute atomic E-state index is 14.2. The Morgan fingerprint density at radius 3 is 2.54 bits per heavy atom. The maximum Gasteiger partial charge on any atom is 0.276 e. The first-order valence-corrected chi connectivity index (χ1v) is 15.7. The van der Waals surface area contributed by atoms with E-state index in [1.165, 1.54) is 24.7 Å². The molecule has 6 rings (SSSR count). The lowest BCUT2D eigenvalue weighted by molar-refractivity contribution is -0.122. The van der Waals surface area contributed by atoms with Gasteiger partial charge in [-0.15, -0.1) is 15.0 Å². The number of fused-ring (bicyclic) bond motifs is 1. The van der Waals surface area contributed by atoms with Crippen LogP contribution in [0.3, 0.4) is 0 Å². The van der Waals surface area contributed by atoms with Gasteiger partial charge in [-0.1, -0.05) is 26.2 Å². The first-order chi connectivity index (χ1) is 22.3. The number of carbonyl (C=O) groups excluding carboxylic acids is 2. The number of nitrogens with zero attached hydrogens (tertiary/aromatic N) is 9. The summed E-state index contributed by atoms with van der Waals surface area (Å²) in [6.45, 7) is 4.84. The Bertz CT molecular complexity index is 1820. The van der Waals surface area contributed by atoms with E-state index in [9.17, 15) is 19.5 Å². The molecule has 0 bridgehead atoms. The smallest absolute Gasteiger partial charge is 0.276 e. The van der Waals surface area contributed by atoms with Crippen LogP contribution in [0, 0.1) is 6.92 Å². The SMILES string of the molecule is CCc1c(N2CCN(C(=O)c3ncnc(C)c3O)CC2)c(=O)c2nn(-c3ccnc(OC)c3)nc2n1CC(=O)NC1CCCCC1. The minimum Gasteiger partial charge on any atom is -0.504 e. The van der Waals surface area contributed by atoms with Crippen molar-refractivity contribution >= 4 is 28.7 Å². The van der Waals surface area contributed by atoms with Gasteiger partial charge in [-0.25, -0.2) is 15.0 Å². The highest BCUT2D eigenvalue weighted by Crippen LogP contribution is 2.26. The number of aromatic hydroxyl groups is 1. The molecule has 1 saturated carbocycles. The molecule has 1 aliphatic heterocycles. The zero-order chi connectivity index (χ0) is 32.4. The number of anilines is 1. The monoisotopic (exact) mass is 630 g/mol. The highest BCUT2D eigenvalue weighted by molar-refractivity contribution is 5.95. The summed E-state index contributed by atoms with van der Waals surface area (Å²) in [6.07, 6.45) is 8.54. The minimum absolute atomic E-state index is 0.0212. The molecule has 2 amide bonds. The molecule has 0 unspecified atom stereocenters. The number of rotatable bonds is 8.